The topological polar surface area (TPSA) is 55.1 Å². The van der Waals surface area contributed by atoms with Gasteiger partial charge in [-0.15, -0.1) is 0 Å². The van der Waals surface area contributed by atoms with Crippen molar-refractivity contribution in [3.63, 3.8) is 0 Å². The minimum absolute atomic E-state index is 0.291. The van der Waals surface area contributed by atoms with E-state index in [9.17, 15) is 9.18 Å². The summed E-state index contributed by atoms with van der Waals surface area (Å²) in [4.78, 5) is 11.5. The molecular weight excluding hydrogens is 219 g/mol. The molecule has 1 aromatic rings. The first-order valence-corrected chi connectivity index (χ1v) is 5.82. The number of nitrogens with two attached hydrogens (primary N) is 1. The number of carbonyl (C=O) groups is 1. The normalized spacial score (nSPS) is 18.7. The average Bonchev–Trinajstić information content (AvgIpc) is 3.01. The summed E-state index contributed by atoms with van der Waals surface area (Å²) < 4.78 is 13.1. The zero-order chi connectivity index (χ0) is 12.5. The fourth-order valence-corrected chi connectivity index (χ4v) is 1.94. The van der Waals surface area contributed by atoms with Crippen LogP contribution >= 0.6 is 0 Å². The standard InChI is InChI=1S/C13H17FN2O/c1-13(12(15)17,16-11-5-6-11)8-9-3-2-4-10(14)7-9/h2-4,7,11,16H,5-6,8H2,1H3,(H2,15,17). The molecule has 0 spiro atoms. The van der Waals surface area contributed by atoms with Crippen LogP contribution in [0.1, 0.15) is 25.3 Å². The van der Waals surface area contributed by atoms with Gasteiger partial charge in [-0.2, -0.15) is 0 Å². The molecule has 1 fully saturated rings. The number of halogens is 1. The lowest BCUT2D eigenvalue weighted by Gasteiger charge is -2.27. The Morgan fingerprint density at radius 3 is 2.82 bits per heavy atom. The molecule has 1 amide bonds. The number of amides is 1. The van der Waals surface area contributed by atoms with Crippen LogP contribution in [0.4, 0.5) is 4.39 Å². The summed E-state index contributed by atoms with van der Waals surface area (Å²) in [7, 11) is 0. The van der Waals surface area contributed by atoms with Crippen LogP contribution in [-0.2, 0) is 11.2 Å². The van der Waals surface area contributed by atoms with E-state index in [-0.39, 0.29) is 5.82 Å². The largest absolute Gasteiger partial charge is 0.368 e. The minimum Gasteiger partial charge on any atom is -0.368 e. The molecule has 92 valence electrons. The summed E-state index contributed by atoms with van der Waals surface area (Å²) in [6.07, 6.45) is 2.56. The van der Waals surface area contributed by atoms with Crippen molar-refractivity contribution in [2.75, 3.05) is 0 Å². The van der Waals surface area contributed by atoms with E-state index in [1.807, 2.05) is 0 Å². The summed E-state index contributed by atoms with van der Waals surface area (Å²) in [5.41, 5.74) is 5.42. The van der Waals surface area contributed by atoms with E-state index in [2.05, 4.69) is 5.32 Å². The van der Waals surface area contributed by atoms with Gasteiger partial charge in [-0.25, -0.2) is 4.39 Å². The molecule has 0 heterocycles. The lowest BCUT2D eigenvalue weighted by atomic mass is 9.92. The third-order valence-electron chi connectivity index (χ3n) is 3.09. The zero-order valence-corrected chi connectivity index (χ0v) is 9.87. The Kier molecular flexibility index (Phi) is 3.15. The van der Waals surface area contributed by atoms with E-state index in [0.29, 0.717) is 12.5 Å². The molecule has 4 heteroatoms. The van der Waals surface area contributed by atoms with Crippen molar-refractivity contribution < 1.29 is 9.18 Å². The van der Waals surface area contributed by atoms with Crippen molar-refractivity contribution in [1.29, 1.82) is 0 Å². The Labute approximate surface area is 100 Å². The third kappa shape index (κ3) is 3.03. The first kappa shape index (κ1) is 12.0. The van der Waals surface area contributed by atoms with E-state index >= 15 is 0 Å². The molecule has 0 bridgehead atoms. The van der Waals surface area contributed by atoms with Gasteiger partial charge in [0.15, 0.2) is 0 Å². The van der Waals surface area contributed by atoms with Gasteiger partial charge in [-0.3, -0.25) is 4.79 Å². The number of hydrogen-bond donors (Lipinski definition) is 2. The molecule has 17 heavy (non-hydrogen) atoms. The van der Waals surface area contributed by atoms with Crippen molar-refractivity contribution in [1.82, 2.24) is 5.32 Å². The highest BCUT2D eigenvalue weighted by Gasteiger charge is 2.37. The maximum absolute atomic E-state index is 13.1. The fraction of sp³-hybridized carbons (Fsp3) is 0.462. The molecule has 0 saturated heterocycles. The Morgan fingerprint density at radius 1 is 1.59 bits per heavy atom. The van der Waals surface area contributed by atoms with Gasteiger partial charge in [0.05, 0.1) is 5.54 Å². The first-order chi connectivity index (χ1) is 7.99. The molecule has 0 aliphatic heterocycles. The maximum atomic E-state index is 13.1. The Bertz CT molecular complexity index is 431. The molecule has 1 aromatic carbocycles. The van der Waals surface area contributed by atoms with Gasteiger partial charge < -0.3 is 11.1 Å². The lowest BCUT2D eigenvalue weighted by molar-refractivity contribution is -0.123. The van der Waals surface area contributed by atoms with Crippen molar-refractivity contribution in [2.24, 2.45) is 5.73 Å². The molecule has 1 saturated carbocycles. The van der Waals surface area contributed by atoms with Crippen molar-refractivity contribution >= 4 is 5.91 Å². The van der Waals surface area contributed by atoms with E-state index in [0.717, 1.165) is 18.4 Å². The Morgan fingerprint density at radius 2 is 2.29 bits per heavy atom. The van der Waals surface area contributed by atoms with Gasteiger partial charge in [-0.05, 0) is 43.9 Å². The maximum Gasteiger partial charge on any atom is 0.237 e. The highest BCUT2D eigenvalue weighted by Crippen LogP contribution is 2.24. The molecule has 1 unspecified atom stereocenters. The molecule has 1 aliphatic carbocycles. The van der Waals surface area contributed by atoms with Crippen molar-refractivity contribution in [2.45, 2.75) is 37.8 Å². The average molecular weight is 236 g/mol. The summed E-state index contributed by atoms with van der Waals surface area (Å²) in [5, 5.41) is 3.24. The van der Waals surface area contributed by atoms with Crippen LogP contribution in [0, 0.1) is 5.82 Å². The van der Waals surface area contributed by atoms with Crippen molar-refractivity contribution in [3.8, 4) is 0 Å². The second-order valence-corrected chi connectivity index (χ2v) is 4.92. The minimum atomic E-state index is -0.797. The van der Waals surface area contributed by atoms with Crippen LogP contribution in [-0.4, -0.2) is 17.5 Å². The van der Waals surface area contributed by atoms with Gasteiger partial charge >= 0.3 is 0 Å². The van der Waals surface area contributed by atoms with Crippen LogP contribution in [0.15, 0.2) is 24.3 Å². The Hall–Kier alpha value is -1.42. The monoisotopic (exact) mass is 236 g/mol. The highest BCUT2D eigenvalue weighted by molar-refractivity contribution is 5.84. The molecular formula is C13H17FN2O. The summed E-state index contributed by atoms with van der Waals surface area (Å²) in [5.74, 6) is -0.686. The molecule has 1 aliphatic rings. The van der Waals surface area contributed by atoms with E-state index in [1.165, 1.54) is 12.1 Å². The van der Waals surface area contributed by atoms with Crippen LogP contribution in [0.25, 0.3) is 0 Å². The number of nitrogens with one attached hydrogen (secondary N) is 1. The summed E-state index contributed by atoms with van der Waals surface area (Å²) in [6, 6.07) is 6.65. The quantitative estimate of drug-likeness (QED) is 0.811. The van der Waals surface area contributed by atoms with E-state index in [1.54, 1.807) is 19.1 Å². The predicted octanol–water partition coefficient (Wildman–Crippen LogP) is 1.36. The molecule has 1 atom stereocenters. The third-order valence-corrected chi connectivity index (χ3v) is 3.09. The summed E-state index contributed by atoms with van der Waals surface area (Å²) in [6.45, 7) is 1.78. The number of primary amides is 1. The van der Waals surface area contributed by atoms with Gasteiger partial charge in [0.1, 0.15) is 5.82 Å². The van der Waals surface area contributed by atoms with Crippen LogP contribution in [0.2, 0.25) is 0 Å². The summed E-state index contributed by atoms with van der Waals surface area (Å²) >= 11 is 0. The predicted molar refractivity (Wildman–Crippen MR) is 63.9 cm³/mol. The van der Waals surface area contributed by atoms with Crippen LogP contribution < -0.4 is 11.1 Å². The number of benzene rings is 1. The van der Waals surface area contributed by atoms with Crippen LogP contribution in [0.5, 0.6) is 0 Å². The smallest absolute Gasteiger partial charge is 0.237 e. The van der Waals surface area contributed by atoms with Gasteiger partial charge in [-0.1, -0.05) is 12.1 Å². The van der Waals surface area contributed by atoms with E-state index in [4.69, 9.17) is 5.73 Å². The van der Waals surface area contributed by atoms with Gasteiger partial charge in [0.2, 0.25) is 5.91 Å². The number of rotatable bonds is 5. The second kappa shape index (κ2) is 4.45. The van der Waals surface area contributed by atoms with Crippen LogP contribution in [0.3, 0.4) is 0 Å². The van der Waals surface area contributed by atoms with E-state index < -0.39 is 11.4 Å². The number of hydrogen-bond acceptors (Lipinski definition) is 2. The highest BCUT2D eigenvalue weighted by atomic mass is 19.1. The number of carbonyl (C=O) groups excluding carboxylic acids is 1. The molecule has 2 rings (SSSR count). The zero-order valence-electron chi connectivity index (χ0n) is 9.87. The van der Waals surface area contributed by atoms with Gasteiger partial charge in [0, 0.05) is 6.04 Å². The molecule has 0 aromatic heterocycles. The molecule has 3 nitrogen and oxygen atoms in total. The molecule has 0 radical (unpaired) electrons. The van der Waals surface area contributed by atoms with Crippen molar-refractivity contribution in [3.05, 3.63) is 35.6 Å². The first-order valence-electron chi connectivity index (χ1n) is 5.82. The fourth-order valence-electron chi connectivity index (χ4n) is 1.94. The Balaban J connectivity index is 2.13. The molecule has 3 N–H and O–H groups in total. The van der Waals surface area contributed by atoms with Gasteiger partial charge in [0.25, 0.3) is 0 Å². The SMILES string of the molecule is CC(Cc1cccc(F)c1)(NC1CC1)C(N)=O. The lowest BCUT2D eigenvalue weighted by Crippen LogP contribution is -2.55. The second-order valence-electron chi connectivity index (χ2n) is 4.92.